The van der Waals surface area contributed by atoms with E-state index in [-0.39, 0.29) is 6.16 Å². The summed E-state index contributed by atoms with van der Waals surface area (Å²) in [5.41, 5.74) is 0. The summed E-state index contributed by atoms with van der Waals surface area (Å²) in [6.07, 6.45) is -2.42. The Balaban J connectivity index is 2.36. The average Bonchev–Trinajstić information content (AvgIpc) is 2.64. The Morgan fingerprint density at radius 3 is 1.79 bits per heavy atom. The van der Waals surface area contributed by atoms with Gasteiger partial charge in [0.25, 0.3) is 0 Å². The fourth-order valence-electron chi connectivity index (χ4n) is 3.35. The Morgan fingerprint density at radius 2 is 1.29 bits per heavy atom. The van der Waals surface area contributed by atoms with E-state index >= 15 is 0 Å². The molecule has 1 rings (SSSR count). The number of aliphatic hydroxyl groups excluding tert-OH is 4. The van der Waals surface area contributed by atoms with Gasteiger partial charge < -0.3 is 25.3 Å². The molecule has 1 fully saturated rings. The minimum atomic E-state index is -4.47. The van der Waals surface area contributed by atoms with E-state index in [4.69, 9.17) is 0 Å². The molecule has 1 aliphatic rings. The van der Waals surface area contributed by atoms with Gasteiger partial charge in [0.15, 0.2) is 6.10 Å². The molecule has 1 unspecified atom stereocenters. The first-order valence-corrected chi connectivity index (χ1v) is 11.9. The van der Waals surface area contributed by atoms with Crippen molar-refractivity contribution in [2.75, 3.05) is 6.16 Å². The summed E-state index contributed by atoms with van der Waals surface area (Å²) < 4.78 is 44.8. The number of unbranched alkanes of at least 4 members (excludes halogenated alkanes) is 9. The van der Waals surface area contributed by atoms with Crippen LogP contribution in [0.1, 0.15) is 71.1 Å². The van der Waals surface area contributed by atoms with Crippen LogP contribution in [0, 0.1) is 0 Å². The molecule has 6 atom stereocenters. The fraction of sp³-hybridized carbons (Fsp3) is 1.00. The van der Waals surface area contributed by atoms with Crippen molar-refractivity contribution >= 4 is 7.60 Å². The fourth-order valence-corrected chi connectivity index (χ4v) is 4.70. The Labute approximate surface area is 165 Å². The third kappa shape index (κ3) is 7.59. The lowest BCUT2D eigenvalue weighted by molar-refractivity contribution is -0.280. The molecule has 1 saturated carbocycles. The predicted molar refractivity (Wildman–Crippen MR) is 100 cm³/mol. The first-order valence-electron chi connectivity index (χ1n) is 10.1. The van der Waals surface area contributed by atoms with E-state index in [1.165, 1.54) is 25.7 Å². The quantitative estimate of drug-likeness (QED) is 0.224. The maximum absolute atomic E-state index is 14.1. The largest absolute Gasteiger partial charge is 0.387 e. The van der Waals surface area contributed by atoms with Crippen LogP contribution in [0.15, 0.2) is 0 Å². The molecule has 0 aromatic carbocycles. The highest BCUT2D eigenvalue weighted by atomic mass is 31.2. The molecule has 168 valence electrons. The smallest absolute Gasteiger partial charge is 0.328 e. The second kappa shape index (κ2) is 11.9. The molecule has 5 N–H and O–H groups in total. The number of hydrogen-bond donors (Lipinski definition) is 5. The lowest BCUT2D eigenvalue weighted by Gasteiger charge is -2.43. The van der Waals surface area contributed by atoms with Crippen LogP contribution >= 0.6 is 7.60 Å². The second-order valence-electron chi connectivity index (χ2n) is 7.66. The minimum absolute atomic E-state index is 0.297. The zero-order chi connectivity index (χ0) is 21.4. The monoisotopic (exact) mass is 432 g/mol. The number of aliphatic hydroxyl groups is 4. The van der Waals surface area contributed by atoms with Gasteiger partial charge >= 0.3 is 13.5 Å². The molecule has 0 saturated heterocycles. The first kappa shape index (κ1) is 25.9. The van der Waals surface area contributed by atoms with Crippen LogP contribution < -0.4 is 0 Å². The van der Waals surface area contributed by atoms with Crippen LogP contribution in [0.4, 0.5) is 8.78 Å². The van der Waals surface area contributed by atoms with E-state index in [0.29, 0.717) is 12.8 Å². The molecule has 7 nitrogen and oxygen atoms in total. The van der Waals surface area contributed by atoms with E-state index in [9.17, 15) is 38.7 Å². The maximum atomic E-state index is 14.1. The normalized spacial score (nSPS) is 32.2. The molecular weight excluding hydrogens is 397 g/mol. The summed E-state index contributed by atoms with van der Waals surface area (Å²) >= 11 is 0. The number of rotatable bonds is 13. The molecule has 1 aliphatic carbocycles. The van der Waals surface area contributed by atoms with Crippen LogP contribution in [0.25, 0.3) is 0 Å². The van der Waals surface area contributed by atoms with Gasteiger partial charge in [-0.15, -0.1) is 0 Å². The van der Waals surface area contributed by atoms with Crippen molar-refractivity contribution in [2.45, 2.75) is 108 Å². The van der Waals surface area contributed by atoms with Crippen molar-refractivity contribution in [1.82, 2.24) is 0 Å². The van der Waals surface area contributed by atoms with Crippen molar-refractivity contribution in [3.8, 4) is 0 Å². The summed E-state index contributed by atoms with van der Waals surface area (Å²) in [5, 5.41) is 38.0. The van der Waals surface area contributed by atoms with Gasteiger partial charge in [-0.25, -0.2) is 8.78 Å². The van der Waals surface area contributed by atoms with E-state index < -0.39 is 44.0 Å². The maximum Gasteiger partial charge on any atom is 0.328 e. The van der Waals surface area contributed by atoms with E-state index in [2.05, 4.69) is 11.4 Å². The van der Waals surface area contributed by atoms with Crippen molar-refractivity contribution in [3.05, 3.63) is 0 Å². The number of hydrogen-bond acceptors (Lipinski definition) is 6. The summed E-state index contributed by atoms with van der Waals surface area (Å²) in [7, 11) is -4.47. The zero-order valence-electron chi connectivity index (χ0n) is 16.4. The zero-order valence-corrected chi connectivity index (χ0v) is 17.3. The van der Waals surface area contributed by atoms with Gasteiger partial charge in [0.1, 0.15) is 24.4 Å². The standard InChI is InChI=1S/C18H35F2O7P/c1-2-3-4-5-6-7-8-9-10-11-12-28(25,26)27-17-15(23)13(21)14(22)16(24)18(17,19)20/h13-17,21-24H,2-12H2,1H3,(H,25,26)/t13-,14-,15+,16+,17-/m0/s1. The van der Waals surface area contributed by atoms with Crippen molar-refractivity contribution in [2.24, 2.45) is 0 Å². The van der Waals surface area contributed by atoms with Crippen LogP contribution in [0.5, 0.6) is 0 Å². The van der Waals surface area contributed by atoms with E-state index in [0.717, 1.165) is 25.7 Å². The van der Waals surface area contributed by atoms with E-state index in [1.807, 2.05) is 0 Å². The van der Waals surface area contributed by atoms with Crippen LogP contribution in [-0.2, 0) is 9.09 Å². The van der Waals surface area contributed by atoms with Gasteiger partial charge in [-0.3, -0.25) is 9.09 Å². The number of alkyl halides is 2. The molecule has 0 aromatic heterocycles. The molecule has 0 aromatic rings. The lowest BCUT2D eigenvalue weighted by atomic mass is 9.84. The summed E-state index contributed by atoms with van der Waals surface area (Å²) in [6.45, 7) is 2.16. The Bertz CT molecular complexity index is 495. The van der Waals surface area contributed by atoms with Gasteiger partial charge in [0.2, 0.25) is 0 Å². The van der Waals surface area contributed by atoms with Crippen LogP contribution in [-0.4, -0.2) is 67.9 Å². The Morgan fingerprint density at radius 1 is 0.821 bits per heavy atom. The summed E-state index contributed by atoms with van der Waals surface area (Å²) in [5.74, 6) is -4.19. The van der Waals surface area contributed by atoms with Gasteiger partial charge in [-0.1, -0.05) is 64.7 Å². The average molecular weight is 432 g/mol. The Kier molecular flexibility index (Phi) is 11.0. The second-order valence-corrected chi connectivity index (χ2v) is 9.59. The molecule has 0 bridgehead atoms. The minimum Gasteiger partial charge on any atom is -0.387 e. The van der Waals surface area contributed by atoms with E-state index in [1.54, 1.807) is 0 Å². The van der Waals surface area contributed by atoms with Gasteiger partial charge in [-0.05, 0) is 6.42 Å². The molecule has 0 spiro atoms. The molecular formula is C18H35F2O7P. The molecule has 0 radical (unpaired) electrons. The van der Waals surface area contributed by atoms with Crippen LogP contribution in [0.3, 0.4) is 0 Å². The van der Waals surface area contributed by atoms with Gasteiger partial charge in [0.05, 0.1) is 6.16 Å². The van der Waals surface area contributed by atoms with Crippen molar-refractivity contribution < 1.29 is 43.2 Å². The Hall–Kier alpha value is -0.150. The topological polar surface area (TPSA) is 127 Å². The van der Waals surface area contributed by atoms with Gasteiger partial charge in [-0.2, -0.15) is 0 Å². The van der Waals surface area contributed by atoms with Crippen LogP contribution in [0.2, 0.25) is 0 Å². The number of halogens is 2. The predicted octanol–water partition coefficient (Wildman–Crippen LogP) is 2.57. The lowest BCUT2D eigenvalue weighted by Crippen LogP contribution is -2.67. The SMILES string of the molecule is CCCCCCCCCCCCP(=O)(O)O[C@H]1[C@H](O)[C@@H](O)[C@H](O)[C@@H](O)C1(F)F. The molecule has 0 aliphatic heterocycles. The summed E-state index contributed by atoms with van der Waals surface area (Å²) in [6, 6.07) is 0. The highest BCUT2D eigenvalue weighted by molar-refractivity contribution is 7.52. The molecule has 28 heavy (non-hydrogen) atoms. The summed E-state index contributed by atoms with van der Waals surface area (Å²) in [4.78, 5) is 9.84. The van der Waals surface area contributed by atoms with Gasteiger partial charge in [0, 0.05) is 0 Å². The molecule has 0 amide bonds. The highest BCUT2D eigenvalue weighted by Crippen LogP contribution is 2.49. The first-order chi connectivity index (χ1) is 13.0. The third-order valence-electron chi connectivity index (χ3n) is 5.18. The van der Waals surface area contributed by atoms with Crippen molar-refractivity contribution in [3.63, 3.8) is 0 Å². The molecule has 0 heterocycles. The third-order valence-corrected chi connectivity index (χ3v) is 6.62. The van der Waals surface area contributed by atoms with Crippen molar-refractivity contribution in [1.29, 1.82) is 0 Å². The highest BCUT2D eigenvalue weighted by Gasteiger charge is 2.62. The molecule has 10 heteroatoms.